The lowest BCUT2D eigenvalue weighted by Crippen LogP contribution is -2.31. The molecule has 2 heterocycles. The van der Waals surface area contributed by atoms with Crippen LogP contribution in [0.25, 0.3) is 0 Å². The van der Waals surface area contributed by atoms with Crippen LogP contribution in [0.2, 0.25) is 0 Å². The van der Waals surface area contributed by atoms with Crippen molar-refractivity contribution in [2.45, 2.75) is 83.8 Å². The number of aromatic nitrogens is 1. The molecule has 1 aromatic heterocycles. The van der Waals surface area contributed by atoms with E-state index in [9.17, 15) is 18.3 Å². The molecule has 1 aromatic carbocycles. The minimum Gasteiger partial charge on any atom is -0.493 e. The number of benzene rings is 1. The summed E-state index contributed by atoms with van der Waals surface area (Å²) in [7, 11) is -3.86. The molecule has 2 atom stereocenters. The number of unbranched alkanes of at least 4 members (excludes halogenated alkanes) is 1. The fourth-order valence-corrected chi connectivity index (χ4v) is 5.56. The normalized spacial score (nSPS) is 17.2. The molecule has 0 aliphatic carbocycles. The smallest absolute Gasteiger partial charge is 0.256 e. The zero-order valence-corrected chi connectivity index (χ0v) is 22.5. The molecule has 2 aromatic rings. The number of hydrogen-bond donors (Lipinski definition) is 2. The van der Waals surface area contributed by atoms with Gasteiger partial charge in [0.2, 0.25) is 15.9 Å². The third-order valence-electron chi connectivity index (χ3n) is 6.87. The maximum absolute atomic E-state index is 13.0. The molecule has 36 heavy (non-hydrogen) atoms. The summed E-state index contributed by atoms with van der Waals surface area (Å²) in [5.41, 5.74) is 1.04. The summed E-state index contributed by atoms with van der Waals surface area (Å²) in [5.74, 6) is -0.000112. The number of azo groups is 1. The third-order valence-corrected chi connectivity index (χ3v) is 8.34. The molecule has 0 bridgehead atoms. The molecule has 1 aliphatic rings. The van der Waals surface area contributed by atoms with E-state index < -0.39 is 10.0 Å². The van der Waals surface area contributed by atoms with Crippen LogP contribution in [0.3, 0.4) is 0 Å². The van der Waals surface area contributed by atoms with Crippen LogP contribution in [0, 0.1) is 19.8 Å². The Balaban J connectivity index is 1.93. The first-order chi connectivity index (χ1) is 17.2. The number of rotatable bonds is 12. The lowest BCUT2D eigenvalue weighted by Gasteiger charge is -2.19. The van der Waals surface area contributed by atoms with Gasteiger partial charge in [0.15, 0.2) is 0 Å². The van der Waals surface area contributed by atoms with Crippen LogP contribution in [0.4, 0.5) is 11.4 Å². The minimum atomic E-state index is -3.86. The zero-order chi connectivity index (χ0) is 26.3. The Labute approximate surface area is 213 Å². The van der Waals surface area contributed by atoms with Crippen molar-refractivity contribution in [3.63, 3.8) is 0 Å². The van der Waals surface area contributed by atoms with E-state index in [0.717, 1.165) is 38.5 Å². The van der Waals surface area contributed by atoms with Crippen LogP contribution in [-0.2, 0) is 21.3 Å². The van der Waals surface area contributed by atoms with Crippen LogP contribution in [0.15, 0.2) is 44.2 Å². The monoisotopic (exact) mass is 518 g/mol. The molecule has 1 aliphatic heterocycles. The van der Waals surface area contributed by atoms with Gasteiger partial charge in [0.05, 0.1) is 6.10 Å². The van der Waals surface area contributed by atoms with Gasteiger partial charge in [-0.1, -0.05) is 45.2 Å². The first-order valence-electron chi connectivity index (χ1n) is 12.7. The first-order valence-corrected chi connectivity index (χ1v) is 14.2. The molecule has 0 spiro atoms. The molecule has 0 radical (unpaired) electrons. The van der Waals surface area contributed by atoms with E-state index >= 15 is 0 Å². The summed E-state index contributed by atoms with van der Waals surface area (Å²) in [4.78, 5) is 12.9. The highest BCUT2D eigenvalue weighted by Crippen LogP contribution is 2.34. The van der Waals surface area contributed by atoms with Gasteiger partial charge in [-0.2, -0.15) is 0 Å². The number of hydrogen-bond acceptors (Lipinski definition) is 7. The quantitative estimate of drug-likeness (QED) is 0.371. The van der Waals surface area contributed by atoms with Gasteiger partial charge in [-0.25, -0.2) is 13.1 Å². The van der Waals surface area contributed by atoms with E-state index in [2.05, 4.69) is 28.8 Å². The van der Waals surface area contributed by atoms with Crippen molar-refractivity contribution in [1.29, 1.82) is 0 Å². The summed E-state index contributed by atoms with van der Waals surface area (Å²) >= 11 is 0. The fraction of sp³-hybridized carbons (Fsp3) is 0.577. The van der Waals surface area contributed by atoms with Gasteiger partial charge in [-0.3, -0.25) is 9.36 Å². The van der Waals surface area contributed by atoms with Gasteiger partial charge in [0.25, 0.3) is 5.56 Å². The molecule has 10 heteroatoms. The van der Waals surface area contributed by atoms with Gasteiger partial charge in [0.1, 0.15) is 16.3 Å². The number of nitrogens with one attached hydrogen (secondary N) is 1. The standard InChI is InChI=1S/C26H38N4O5S/c1-5-7-11-20(6-2)17-30-25(31)19(4)18(3)24(26(30)32)29-28-22-13-8-9-14-23(22)36(33,34)27-16-21-12-10-15-35-21/h8-9,13-14,20-21,27,32H,5-7,10-12,15-17H2,1-4H3/b29-28+. The molecule has 1 fully saturated rings. The van der Waals surface area contributed by atoms with E-state index in [1.54, 1.807) is 32.0 Å². The van der Waals surface area contributed by atoms with E-state index in [1.165, 1.54) is 10.6 Å². The van der Waals surface area contributed by atoms with Crippen molar-refractivity contribution < 1.29 is 18.3 Å². The number of pyridine rings is 1. The van der Waals surface area contributed by atoms with Crippen LogP contribution in [0.1, 0.15) is 63.5 Å². The molecule has 0 saturated carbocycles. The maximum Gasteiger partial charge on any atom is 0.256 e. The van der Waals surface area contributed by atoms with Crippen molar-refractivity contribution in [2.75, 3.05) is 13.2 Å². The molecule has 198 valence electrons. The van der Waals surface area contributed by atoms with Crippen molar-refractivity contribution >= 4 is 21.4 Å². The average molecular weight is 519 g/mol. The second kappa shape index (κ2) is 12.6. The van der Waals surface area contributed by atoms with Gasteiger partial charge >= 0.3 is 0 Å². The van der Waals surface area contributed by atoms with E-state index in [0.29, 0.717) is 24.3 Å². The Morgan fingerprint density at radius 1 is 1.19 bits per heavy atom. The van der Waals surface area contributed by atoms with E-state index in [-0.39, 0.29) is 46.3 Å². The van der Waals surface area contributed by atoms with Gasteiger partial charge < -0.3 is 9.84 Å². The SMILES string of the molecule is CCCCC(CC)Cn1c(O)c(/N=N/c2ccccc2S(=O)(=O)NCC2CCCO2)c(C)c(C)c1=O. The number of sulfonamides is 1. The van der Waals surface area contributed by atoms with Crippen molar-refractivity contribution in [2.24, 2.45) is 16.1 Å². The Morgan fingerprint density at radius 2 is 1.94 bits per heavy atom. The van der Waals surface area contributed by atoms with Crippen LogP contribution in [0.5, 0.6) is 5.88 Å². The molecule has 1 saturated heterocycles. The van der Waals surface area contributed by atoms with E-state index in [4.69, 9.17) is 4.74 Å². The van der Waals surface area contributed by atoms with Gasteiger partial charge in [0, 0.05) is 25.3 Å². The topological polar surface area (TPSA) is 122 Å². The molecule has 2 N–H and O–H groups in total. The number of ether oxygens (including phenoxy) is 1. The highest BCUT2D eigenvalue weighted by atomic mass is 32.2. The molecule has 0 amide bonds. The van der Waals surface area contributed by atoms with Crippen LogP contribution >= 0.6 is 0 Å². The van der Waals surface area contributed by atoms with Crippen molar-refractivity contribution in [3.8, 4) is 5.88 Å². The van der Waals surface area contributed by atoms with E-state index in [1.807, 2.05) is 0 Å². The first kappa shape index (κ1) is 28.0. The number of nitrogens with zero attached hydrogens (tertiary/aromatic N) is 3. The molecular weight excluding hydrogens is 480 g/mol. The highest BCUT2D eigenvalue weighted by Gasteiger charge is 2.23. The number of aromatic hydroxyl groups is 1. The fourth-order valence-electron chi connectivity index (χ4n) is 4.35. The van der Waals surface area contributed by atoms with Crippen molar-refractivity contribution in [1.82, 2.24) is 9.29 Å². The summed E-state index contributed by atoms with van der Waals surface area (Å²) in [6.45, 7) is 8.83. The summed E-state index contributed by atoms with van der Waals surface area (Å²) in [6.07, 6.45) is 5.56. The lowest BCUT2D eigenvalue weighted by molar-refractivity contribution is 0.114. The van der Waals surface area contributed by atoms with Gasteiger partial charge in [-0.15, -0.1) is 10.2 Å². The van der Waals surface area contributed by atoms with Crippen LogP contribution in [-0.4, -0.2) is 37.3 Å². The Kier molecular flexibility index (Phi) is 9.81. The summed E-state index contributed by atoms with van der Waals surface area (Å²) < 4.78 is 35.4. The maximum atomic E-state index is 13.0. The molecule has 9 nitrogen and oxygen atoms in total. The average Bonchev–Trinajstić information content (AvgIpc) is 3.40. The van der Waals surface area contributed by atoms with Crippen molar-refractivity contribution in [3.05, 3.63) is 45.7 Å². The minimum absolute atomic E-state index is 0.0143. The lowest BCUT2D eigenvalue weighted by atomic mass is 9.99. The predicted molar refractivity (Wildman–Crippen MR) is 140 cm³/mol. The molecule has 3 rings (SSSR count). The zero-order valence-electron chi connectivity index (χ0n) is 21.7. The second-order valence-electron chi connectivity index (χ2n) is 9.41. The largest absolute Gasteiger partial charge is 0.493 e. The second-order valence-corrected chi connectivity index (χ2v) is 11.1. The highest BCUT2D eigenvalue weighted by molar-refractivity contribution is 7.89. The molecular formula is C26H38N4O5S. The Bertz CT molecular complexity index is 1230. The Hall–Kier alpha value is -2.56. The predicted octanol–water partition coefficient (Wildman–Crippen LogP) is 5.26. The molecule has 2 unspecified atom stereocenters. The Morgan fingerprint density at radius 3 is 2.61 bits per heavy atom. The van der Waals surface area contributed by atoms with Gasteiger partial charge in [-0.05, 0) is 56.7 Å². The summed E-state index contributed by atoms with van der Waals surface area (Å²) in [6, 6.07) is 6.31. The third kappa shape index (κ3) is 6.60. The van der Waals surface area contributed by atoms with Crippen LogP contribution < -0.4 is 10.3 Å². The summed E-state index contributed by atoms with van der Waals surface area (Å²) in [5, 5.41) is 19.5.